The molecular weight excluding hydrogens is 472 g/mol. The Kier molecular flexibility index (Phi) is 6.66. The quantitative estimate of drug-likeness (QED) is 0.313. The molecule has 1 amide bonds. The average molecular weight is 501 g/mol. The number of piperazine rings is 1. The Hall–Kier alpha value is -4.75. The van der Waals surface area contributed by atoms with Crippen molar-refractivity contribution in [2.75, 3.05) is 36.4 Å². The molecule has 188 valence electrons. The van der Waals surface area contributed by atoms with Crippen molar-refractivity contribution in [3.05, 3.63) is 114 Å². The summed E-state index contributed by atoms with van der Waals surface area (Å²) in [5.74, 6) is -0.247. The van der Waals surface area contributed by atoms with Crippen LogP contribution in [0.1, 0.15) is 21.6 Å². The van der Waals surface area contributed by atoms with Gasteiger partial charge in [-0.05, 0) is 34.9 Å². The van der Waals surface area contributed by atoms with Crippen LogP contribution in [0.4, 0.5) is 11.4 Å². The van der Waals surface area contributed by atoms with E-state index in [2.05, 4.69) is 69.2 Å². The fourth-order valence-electron chi connectivity index (χ4n) is 4.68. The smallest absolute Gasteiger partial charge is 0.274 e. The van der Waals surface area contributed by atoms with Gasteiger partial charge in [-0.2, -0.15) is 5.10 Å². The molecule has 3 aromatic carbocycles. The lowest BCUT2D eigenvalue weighted by molar-refractivity contribution is 0.102. The maximum absolute atomic E-state index is 13.3. The summed E-state index contributed by atoms with van der Waals surface area (Å²) in [5, 5.41) is 10.9. The predicted molar refractivity (Wildman–Crippen MR) is 153 cm³/mol. The zero-order chi connectivity index (χ0) is 25.7. The van der Waals surface area contributed by atoms with Crippen molar-refractivity contribution >= 4 is 35.1 Å². The fraction of sp³-hybridized carbons (Fsp3) is 0.129. The van der Waals surface area contributed by atoms with E-state index >= 15 is 0 Å². The second-order valence-electron chi connectivity index (χ2n) is 9.21. The summed E-state index contributed by atoms with van der Waals surface area (Å²) in [6, 6.07) is 28.1. The molecule has 1 fully saturated rings. The fourth-order valence-corrected chi connectivity index (χ4v) is 4.68. The largest absolute Gasteiger partial charge is 0.367 e. The minimum atomic E-state index is -0.247. The minimum Gasteiger partial charge on any atom is -0.367 e. The molecule has 2 N–H and O–H groups in total. The van der Waals surface area contributed by atoms with E-state index in [4.69, 9.17) is 4.98 Å². The number of carbonyl (C=O) groups is 1. The topological polar surface area (TPSA) is 74.6 Å². The van der Waals surface area contributed by atoms with E-state index in [-0.39, 0.29) is 5.91 Å². The van der Waals surface area contributed by atoms with Crippen LogP contribution in [0.15, 0.2) is 97.3 Å². The van der Waals surface area contributed by atoms with Crippen LogP contribution < -0.4 is 15.5 Å². The summed E-state index contributed by atoms with van der Waals surface area (Å²) >= 11 is 0. The SMILES string of the molecule is O=C(Nc1ccccc1N1CCNCC1)c1ccn2ncc(-c3ccc(C=Cc4ccccc4)cc3)c2n1. The van der Waals surface area contributed by atoms with Crippen LogP contribution >= 0.6 is 0 Å². The number of para-hydroxylation sites is 2. The van der Waals surface area contributed by atoms with Gasteiger partial charge in [-0.3, -0.25) is 4.79 Å². The lowest BCUT2D eigenvalue weighted by Crippen LogP contribution is -2.43. The van der Waals surface area contributed by atoms with E-state index in [0.29, 0.717) is 11.3 Å². The Balaban J connectivity index is 1.23. The van der Waals surface area contributed by atoms with Gasteiger partial charge >= 0.3 is 0 Å². The third kappa shape index (κ3) is 5.05. The third-order valence-corrected chi connectivity index (χ3v) is 6.70. The highest BCUT2D eigenvalue weighted by atomic mass is 16.1. The van der Waals surface area contributed by atoms with Crippen molar-refractivity contribution in [3.8, 4) is 11.1 Å². The van der Waals surface area contributed by atoms with E-state index in [9.17, 15) is 4.79 Å². The van der Waals surface area contributed by atoms with Gasteiger partial charge in [-0.15, -0.1) is 0 Å². The molecule has 6 rings (SSSR count). The number of hydrogen-bond acceptors (Lipinski definition) is 5. The molecule has 0 atom stereocenters. The average Bonchev–Trinajstić information content (AvgIpc) is 3.41. The molecule has 1 saturated heterocycles. The summed E-state index contributed by atoms with van der Waals surface area (Å²) in [6.45, 7) is 3.65. The molecule has 2 aromatic heterocycles. The maximum atomic E-state index is 13.3. The van der Waals surface area contributed by atoms with E-state index in [1.54, 1.807) is 23.0 Å². The Bertz CT molecular complexity index is 1580. The van der Waals surface area contributed by atoms with Gasteiger partial charge in [0.25, 0.3) is 5.91 Å². The van der Waals surface area contributed by atoms with Crippen LogP contribution in [-0.2, 0) is 0 Å². The number of rotatable bonds is 6. The standard InChI is InChI=1S/C31H28N6O/c38-31(35-27-8-4-5-9-29(27)36-20-17-32-18-21-36)28-16-19-37-30(34-28)26(22-33-37)25-14-12-24(13-15-25)11-10-23-6-2-1-3-7-23/h1-16,19,22,32H,17-18,20-21H2,(H,35,38). The molecule has 0 unspecified atom stereocenters. The highest BCUT2D eigenvalue weighted by molar-refractivity contribution is 6.05. The van der Waals surface area contributed by atoms with Crippen molar-refractivity contribution in [3.63, 3.8) is 0 Å². The van der Waals surface area contributed by atoms with Crippen LogP contribution in [0.5, 0.6) is 0 Å². The number of hydrogen-bond donors (Lipinski definition) is 2. The van der Waals surface area contributed by atoms with Gasteiger partial charge in [0.2, 0.25) is 0 Å². The summed E-state index contributed by atoms with van der Waals surface area (Å²) in [4.78, 5) is 20.2. The van der Waals surface area contributed by atoms with Gasteiger partial charge in [0.05, 0.1) is 17.6 Å². The zero-order valence-electron chi connectivity index (χ0n) is 20.9. The number of aromatic nitrogens is 3. The minimum absolute atomic E-state index is 0.247. The zero-order valence-corrected chi connectivity index (χ0v) is 20.9. The Morgan fingerprint density at radius 2 is 1.55 bits per heavy atom. The summed E-state index contributed by atoms with van der Waals surface area (Å²) in [5.41, 5.74) is 6.92. The molecule has 7 heteroatoms. The van der Waals surface area contributed by atoms with Crippen molar-refractivity contribution in [2.24, 2.45) is 0 Å². The third-order valence-electron chi connectivity index (χ3n) is 6.70. The van der Waals surface area contributed by atoms with Crippen LogP contribution in [0, 0.1) is 0 Å². The molecule has 0 radical (unpaired) electrons. The monoisotopic (exact) mass is 500 g/mol. The first-order chi connectivity index (χ1) is 18.7. The number of carbonyl (C=O) groups excluding carboxylic acids is 1. The highest BCUT2D eigenvalue weighted by Crippen LogP contribution is 2.27. The van der Waals surface area contributed by atoms with Crippen molar-refractivity contribution in [1.82, 2.24) is 19.9 Å². The molecule has 38 heavy (non-hydrogen) atoms. The molecule has 0 saturated carbocycles. The highest BCUT2D eigenvalue weighted by Gasteiger charge is 2.17. The number of nitrogens with zero attached hydrogens (tertiary/aromatic N) is 4. The molecule has 1 aliphatic rings. The summed E-state index contributed by atoms with van der Waals surface area (Å²) in [6.07, 6.45) is 7.75. The van der Waals surface area contributed by atoms with Gasteiger partial charge in [-0.1, -0.05) is 78.9 Å². The molecule has 0 spiro atoms. The van der Waals surface area contributed by atoms with Crippen LogP contribution in [0.25, 0.3) is 28.9 Å². The van der Waals surface area contributed by atoms with Crippen LogP contribution in [-0.4, -0.2) is 46.7 Å². The summed E-state index contributed by atoms with van der Waals surface area (Å²) in [7, 11) is 0. The number of benzene rings is 3. The van der Waals surface area contributed by atoms with Gasteiger partial charge in [-0.25, -0.2) is 9.50 Å². The number of amides is 1. The molecule has 1 aliphatic heterocycles. The number of nitrogens with one attached hydrogen (secondary N) is 2. The molecule has 0 bridgehead atoms. The Morgan fingerprint density at radius 3 is 2.34 bits per heavy atom. The second-order valence-corrected chi connectivity index (χ2v) is 9.21. The van der Waals surface area contributed by atoms with E-state index in [1.807, 2.05) is 42.5 Å². The van der Waals surface area contributed by atoms with E-state index in [1.165, 1.54) is 0 Å². The van der Waals surface area contributed by atoms with Crippen molar-refractivity contribution in [2.45, 2.75) is 0 Å². The van der Waals surface area contributed by atoms with E-state index < -0.39 is 0 Å². The Morgan fingerprint density at radius 1 is 0.842 bits per heavy atom. The van der Waals surface area contributed by atoms with Crippen LogP contribution in [0.2, 0.25) is 0 Å². The maximum Gasteiger partial charge on any atom is 0.274 e. The molecule has 0 aliphatic carbocycles. The number of fused-ring (bicyclic) bond motifs is 1. The van der Waals surface area contributed by atoms with Crippen LogP contribution in [0.3, 0.4) is 0 Å². The predicted octanol–water partition coefficient (Wildman–Crippen LogP) is 5.23. The molecule has 7 nitrogen and oxygen atoms in total. The molecular formula is C31H28N6O. The first-order valence-corrected chi connectivity index (χ1v) is 12.8. The van der Waals surface area contributed by atoms with Gasteiger partial charge < -0.3 is 15.5 Å². The van der Waals surface area contributed by atoms with Crippen molar-refractivity contribution in [1.29, 1.82) is 0 Å². The normalized spacial score (nSPS) is 13.7. The molecule has 5 aromatic rings. The van der Waals surface area contributed by atoms with Gasteiger partial charge in [0, 0.05) is 37.9 Å². The second kappa shape index (κ2) is 10.7. The number of anilines is 2. The lowest BCUT2D eigenvalue weighted by Gasteiger charge is -2.31. The van der Waals surface area contributed by atoms with Crippen molar-refractivity contribution < 1.29 is 4.79 Å². The Labute approximate surface area is 221 Å². The first-order valence-electron chi connectivity index (χ1n) is 12.8. The summed E-state index contributed by atoms with van der Waals surface area (Å²) < 4.78 is 1.70. The molecule has 3 heterocycles. The lowest BCUT2D eigenvalue weighted by atomic mass is 10.1. The first kappa shape index (κ1) is 23.6. The van der Waals surface area contributed by atoms with Gasteiger partial charge in [0.15, 0.2) is 5.65 Å². The van der Waals surface area contributed by atoms with Gasteiger partial charge in [0.1, 0.15) is 5.69 Å². The van der Waals surface area contributed by atoms with E-state index in [0.717, 1.165) is 59.8 Å².